The summed E-state index contributed by atoms with van der Waals surface area (Å²) in [5.41, 5.74) is 1.21. The summed E-state index contributed by atoms with van der Waals surface area (Å²) in [6.07, 6.45) is 4.76. The molecule has 1 aromatic carbocycles. The predicted octanol–water partition coefficient (Wildman–Crippen LogP) is 3.79. The first-order valence-corrected chi connectivity index (χ1v) is 8.63. The predicted molar refractivity (Wildman–Crippen MR) is 96.8 cm³/mol. The summed E-state index contributed by atoms with van der Waals surface area (Å²) in [5, 5.41) is 10.5. The Morgan fingerprint density at radius 1 is 1.12 bits per heavy atom. The van der Waals surface area contributed by atoms with Crippen molar-refractivity contribution in [2.75, 3.05) is 6.54 Å². The van der Waals surface area contributed by atoms with Crippen LogP contribution in [-0.2, 0) is 13.1 Å². The van der Waals surface area contributed by atoms with Gasteiger partial charge >= 0.3 is 0 Å². The van der Waals surface area contributed by atoms with E-state index in [1.165, 1.54) is 5.56 Å². The van der Waals surface area contributed by atoms with E-state index in [2.05, 4.69) is 40.4 Å². The number of imidazole rings is 1. The molecule has 2 heterocycles. The highest BCUT2D eigenvalue weighted by atomic mass is 16.4. The molecule has 0 spiro atoms. The second kappa shape index (κ2) is 8.14. The van der Waals surface area contributed by atoms with E-state index in [1.54, 1.807) is 18.4 Å². The zero-order chi connectivity index (χ0) is 17.6. The lowest BCUT2D eigenvalue weighted by molar-refractivity contribution is 0.0852. The Kier molecular flexibility index (Phi) is 5.68. The first-order valence-electron chi connectivity index (χ1n) is 8.63. The van der Waals surface area contributed by atoms with Gasteiger partial charge in [-0.05, 0) is 31.5 Å². The van der Waals surface area contributed by atoms with Gasteiger partial charge in [0.05, 0.1) is 12.8 Å². The number of benzene rings is 1. The second-order valence-electron chi connectivity index (χ2n) is 6.53. The normalized spacial score (nSPS) is 12.8. The summed E-state index contributed by atoms with van der Waals surface area (Å²) in [5.74, 6) is 1.59. The molecule has 3 rings (SSSR count). The Hall–Kier alpha value is -2.37. The zero-order valence-electron chi connectivity index (χ0n) is 14.7. The van der Waals surface area contributed by atoms with Gasteiger partial charge in [-0.3, -0.25) is 4.90 Å². The van der Waals surface area contributed by atoms with Gasteiger partial charge in [0.2, 0.25) is 0 Å². The minimum atomic E-state index is -0.666. The van der Waals surface area contributed by atoms with Crippen molar-refractivity contribution in [1.29, 1.82) is 0 Å². The minimum absolute atomic E-state index is 0.353. The maximum Gasteiger partial charge on any atom is 0.133 e. The number of furan rings is 1. The molecule has 1 unspecified atom stereocenters. The number of nitrogens with zero attached hydrogens (tertiary/aromatic N) is 3. The van der Waals surface area contributed by atoms with Crippen LogP contribution in [0.25, 0.3) is 0 Å². The maximum absolute atomic E-state index is 10.5. The highest BCUT2D eigenvalue weighted by molar-refractivity contribution is 5.15. The van der Waals surface area contributed by atoms with E-state index in [0.29, 0.717) is 24.9 Å². The molecule has 1 N–H and O–H groups in total. The van der Waals surface area contributed by atoms with Crippen LogP contribution < -0.4 is 0 Å². The minimum Gasteiger partial charge on any atom is -0.467 e. The number of hydrogen-bond donors (Lipinski definition) is 1. The van der Waals surface area contributed by atoms with Gasteiger partial charge in [0.25, 0.3) is 0 Å². The third-order valence-electron chi connectivity index (χ3n) is 4.22. The fourth-order valence-corrected chi connectivity index (χ4v) is 2.98. The molecule has 0 fully saturated rings. The Labute approximate surface area is 148 Å². The highest BCUT2D eigenvalue weighted by Gasteiger charge is 2.18. The molecule has 0 bridgehead atoms. The monoisotopic (exact) mass is 339 g/mol. The second-order valence-corrected chi connectivity index (χ2v) is 6.53. The van der Waals surface area contributed by atoms with Crippen molar-refractivity contribution in [3.05, 3.63) is 78.3 Å². The van der Waals surface area contributed by atoms with Crippen molar-refractivity contribution in [3.8, 4) is 0 Å². The van der Waals surface area contributed by atoms with E-state index < -0.39 is 6.10 Å². The smallest absolute Gasteiger partial charge is 0.133 e. The van der Waals surface area contributed by atoms with E-state index in [1.807, 2.05) is 30.6 Å². The molecular formula is C20H25N3O2. The fraction of sp³-hybridized carbons (Fsp3) is 0.350. The number of rotatable bonds is 8. The SMILES string of the molecule is CC(C)n1ccnc1CN(Cc1ccccc1)CC(O)c1ccco1. The van der Waals surface area contributed by atoms with Gasteiger partial charge in [-0.2, -0.15) is 0 Å². The van der Waals surface area contributed by atoms with Crippen LogP contribution >= 0.6 is 0 Å². The molecule has 132 valence electrons. The van der Waals surface area contributed by atoms with Crippen molar-refractivity contribution >= 4 is 0 Å². The van der Waals surface area contributed by atoms with Crippen LogP contribution in [0.5, 0.6) is 0 Å². The van der Waals surface area contributed by atoms with Gasteiger partial charge in [-0.25, -0.2) is 4.98 Å². The summed E-state index contributed by atoms with van der Waals surface area (Å²) in [4.78, 5) is 6.70. The lowest BCUT2D eigenvalue weighted by Crippen LogP contribution is -2.29. The highest BCUT2D eigenvalue weighted by Crippen LogP contribution is 2.19. The molecule has 0 aliphatic rings. The summed E-state index contributed by atoms with van der Waals surface area (Å²) in [6.45, 7) is 6.17. The van der Waals surface area contributed by atoms with Gasteiger partial charge in [0, 0.05) is 31.5 Å². The van der Waals surface area contributed by atoms with E-state index in [0.717, 1.165) is 12.4 Å². The summed E-state index contributed by atoms with van der Waals surface area (Å²) in [6, 6.07) is 14.2. The first-order chi connectivity index (χ1) is 12.1. The quantitative estimate of drug-likeness (QED) is 0.678. The topological polar surface area (TPSA) is 54.4 Å². The number of aliphatic hydroxyl groups excluding tert-OH is 1. The number of aromatic nitrogens is 2. The lowest BCUT2D eigenvalue weighted by atomic mass is 10.2. The molecular weight excluding hydrogens is 314 g/mol. The van der Waals surface area contributed by atoms with Crippen LogP contribution in [0.1, 0.15) is 43.1 Å². The standard InChI is InChI=1S/C20H25N3O2/c1-16(2)23-11-10-21-20(23)15-22(13-17-7-4-3-5-8-17)14-18(24)19-9-6-12-25-19/h3-12,16,18,24H,13-15H2,1-2H3. The molecule has 25 heavy (non-hydrogen) atoms. The fourth-order valence-electron chi connectivity index (χ4n) is 2.98. The molecule has 0 radical (unpaired) electrons. The summed E-state index contributed by atoms with van der Waals surface area (Å²) >= 11 is 0. The van der Waals surface area contributed by atoms with E-state index in [-0.39, 0.29) is 0 Å². The first kappa shape index (κ1) is 17.5. The van der Waals surface area contributed by atoms with Crippen LogP contribution in [0, 0.1) is 0 Å². The van der Waals surface area contributed by atoms with Gasteiger partial charge in [0.1, 0.15) is 17.7 Å². The van der Waals surface area contributed by atoms with Crippen molar-refractivity contribution in [2.45, 2.75) is 39.1 Å². The van der Waals surface area contributed by atoms with Crippen LogP contribution in [-0.4, -0.2) is 26.1 Å². The summed E-state index contributed by atoms with van der Waals surface area (Å²) < 4.78 is 7.51. The summed E-state index contributed by atoms with van der Waals surface area (Å²) in [7, 11) is 0. The van der Waals surface area contributed by atoms with Gasteiger partial charge < -0.3 is 14.1 Å². The lowest BCUT2D eigenvalue weighted by Gasteiger charge is -2.25. The van der Waals surface area contributed by atoms with E-state index >= 15 is 0 Å². The van der Waals surface area contributed by atoms with Crippen LogP contribution in [0.3, 0.4) is 0 Å². The Balaban J connectivity index is 1.77. The van der Waals surface area contributed by atoms with E-state index in [4.69, 9.17) is 4.42 Å². The van der Waals surface area contributed by atoms with Crippen molar-refractivity contribution < 1.29 is 9.52 Å². The average Bonchev–Trinajstić information content (AvgIpc) is 3.27. The van der Waals surface area contributed by atoms with Crippen molar-refractivity contribution in [1.82, 2.24) is 14.5 Å². The molecule has 0 aliphatic carbocycles. The maximum atomic E-state index is 10.5. The third kappa shape index (κ3) is 4.59. The molecule has 5 nitrogen and oxygen atoms in total. The molecule has 2 aromatic heterocycles. The Morgan fingerprint density at radius 3 is 2.60 bits per heavy atom. The van der Waals surface area contributed by atoms with Crippen LogP contribution in [0.4, 0.5) is 0 Å². The third-order valence-corrected chi connectivity index (χ3v) is 4.22. The number of hydrogen-bond acceptors (Lipinski definition) is 4. The molecule has 5 heteroatoms. The van der Waals surface area contributed by atoms with E-state index in [9.17, 15) is 5.11 Å². The Morgan fingerprint density at radius 2 is 1.92 bits per heavy atom. The van der Waals surface area contributed by atoms with Gasteiger partial charge in [-0.1, -0.05) is 30.3 Å². The number of aliphatic hydroxyl groups is 1. The molecule has 0 saturated carbocycles. The molecule has 3 aromatic rings. The van der Waals surface area contributed by atoms with Crippen LogP contribution in [0.15, 0.2) is 65.5 Å². The van der Waals surface area contributed by atoms with Crippen molar-refractivity contribution in [2.24, 2.45) is 0 Å². The van der Waals surface area contributed by atoms with Gasteiger partial charge in [-0.15, -0.1) is 0 Å². The van der Waals surface area contributed by atoms with Gasteiger partial charge in [0.15, 0.2) is 0 Å². The Bertz CT molecular complexity index is 750. The average molecular weight is 339 g/mol. The van der Waals surface area contributed by atoms with Crippen LogP contribution in [0.2, 0.25) is 0 Å². The molecule has 0 aliphatic heterocycles. The van der Waals surface area contributed by atoms with Crippen molar-refractivity contribution in [3.63, 3.8) is 0 Å². The molecule has 1 atom stereocenters. The molecule has 0 amide bonds. The largest absolute Gasteiger partial charge is 0.467 e. The zero-order valence-corrected chi connectivity index (χ0v) is 14.7. The molecule has 0 saturated heterocycles.